The van der Waals surface area contributed by atoms with Gasteiger partial charge in [-0.1, -0.05) is 0 Å². The largest absolute Gasteiger partial charge is 2.00 e. The first-order valence-corrected chi connectivity index (χ1v) is 17.1. The molecule has 2 aromatic heterocycles. The SMILES string of the molecule is C[C@H]1COc2c(N3CCN(C)CC3)c(F)cc3c(=O)c(C(=O)[O-])cn1c23.C[C@H]1COc2c(N3CCN(C)CC3)c(F)cc3c(=O)c(C(=O)[O-])cn1c23.O.O.[Co+2]. The van der Waals surface area contributed by atoms with Crippen molar-refractivity contribution in [3.05, 3.63) is 67.7 Å². The van der Waals surface area contributed by atoms with Crippen LogP contribution in [0.15, 0.2) is 34.1 Å². The minimum Gasteiger partial charge on any atom is -0.545 e. The number of carboxylic acid groups (broad SMARTS) is 2. The minimum absolute atomic E-state index is 0. The van der Waals surface area contributed by atoms with Crippen LogP contribution < -0.4 is 40.3 Å². The van der Waals surface area contributed by atoms with Gasteiger partial charge in [-0.2, -0.15) is 0 Å². The van der Waals surface area contributed by atoms with E-state index in [1.165, 1.54) is 12.4 Å². The van der Waals surface area contributed by atoms with Crippen molar-refractivity contribution in [1.29, 1.82) is 0 Å². The number of carboxylic acids is 2. The zero-order valence-corrected chi connectivity index (χ0v) is 31.6. The zero-order chi connectivity index (χ0) is 37.2. The number of aromatic nitrogens is 2. The predicted octanol–water partition coefficient (Wildman–Crippen LogP) is -1.23. The molecule has 1 radical (unpaired) electrons. The first-order valence-electron chi connectivity index (χ1n) is 17.1. The number of ether oxygens (including phenoxy) is 2. The van der Waals surface area contributed by atoms with Crippen molar-refractivity contribution in [3.8, 4) is 11.5 Å². The zero-order valence-electron chi connectivity index (χ0n) is 30.6. The van der Waals surface area contributed by atoms with Crippen molar-refractivity contribution < 1.29 is 65.8 Å². The number of aromatic carboxylic acids is 2. The number of likely N-dealkylation sites (N-methyl/N-ethyl adjacent to an activating group) is 2. The van der Waals surface area contributed by atoms with Crippen LogP contribution in [0.2, 0.25) is 0 Å². The molecule has 4 N–H and O–H groups in total. The van der Waals surface area contributed by atoms with Gasteiger partial charge in [0.1, 0.15) is 24.6 Å². The van der Waals surface area contributed by atoms with Gasteiger partial charge in [0, 0.05) is 64.8 Å². The van der Waals surface area contributed by atoms with Gasteiger partial charge in [0.2, 0.25) is 0 Å². The molecule has 2 aromatic carbocycles. The third-order valence-electron chi connectivity index (χ3n) is 10.4. The van der Waals surface area contributed by atoms with E-state index >= 15 is 0 Å². The van der Waals surface area contributed by atoms with Crippen molar-refractivity contribution in [3.63, 3.8) is 0 Å². The maximum absolute atomic E-state index is 15.0. The number of carbonyl (C=O) groups excluding carboxylic acids is 2. The number of hydrogen-bond donors (Lipinski definition) is 0. The standard InChI is InChI=1S/2C18H20FN3O4.Co.2H2O/c2*1-10-9-26-17-14-11(16(23)12(18(24)25)8-22(10)14)7-13(19)15(17)21-5-3-20(2)4-6-21;;;/h2*7-8,10H,3-6,9H2,1-2H3,(H,24,25);;2*1H2/q;;+2;;/p-2/t2*10-;;;/m00.../s1. The van der Waals surface area contributed by atoms with Crippen LogP contribution in [0.25, 0.3) is 21.8 Å². The second kappa shape index (κ2) is 16.5. The van der Waals surface area contributed by atoms with Crippen LogP contribution in [0.1, 0.15) is 46.6 Å². The van der Waals surface area contributed by atoms with E-state index in [1.54, 1.807) is 9.13 Å². The fourth-order valence-electron chi connectivity index (χ4n) is 7.36. The maximum Gasteiger partial charge on any atom is 2.00 e. The Morgan fingerprint density at radius 2 is 0.982 bits per heavy atom. The average molecular weight is 816 g/mol. The first kappa shape index (κ1) is 42.9. The third kappa shape index (κ3) is 7.46. The molecule has 0 aliphatic carbocycles. The number of rotatable bonds is 4. The molecule has 4 aromatic rings. The Balaban J connectivity index is 0.000000232. The summed E-state index contributed by atoms with van der Waals surface area (Å²) in [7, 11) is 4.02. The van der Waals surface area contributed by atoms with Gasteiger partial charge in [-0.05, 0) is 40.1 Å². The fraction of sp³-hybridized carbons (Fsp3) is 0.444. The molecule has 0 spiro atoms. The summed E-state index contributed by atoms with van der Waals surface area (Å²) < 4.78 is 45.0. The molecular weight excluding hydrogens is 773 g/mol. The molecule has 2 saturated heterocycles. The molecule has 6 heterocycles. The molecule has 299 valence electrons. The van der Waals surface area contributed by atoms with E-state index in [-0.39, 0.29) is 63.8 Å². The third-order valence-corrected chi connectivity index (χ3v) is 10.4. The van der Waals surface area contributed by atoms with Crippen molar-refractivity contribution >= 4 is 45.1 Å². The Labute approximate surface area is 323 Å². The smallest absolute Gasteiger partial charge is 0.545 e. The number of carbonyl (C=O) groups is 2. The van der Waals surface area contributed by atoms with Crippen LogP contribution in [-0.2, 0) is 16.8 Å². The van der Waals surface area contributed by atoms with E-state index in [9.17, 15) is 38.2 Å². The van der Waals surface area contributed by atoms with Gasteiger partial charge in [0.05, 0.1) is 57.0 Å². The fourth-order valence-corrected chi connectivity index (χ4v) is 7.36. The summed E-state index contributed by atoms with van der Waals surface area (Å²) in [6.45, 7) is 10.00. The summed E-state index contributed by atoms with van der Waals surface area (Å²) in [5, 5.41) is 22.6. The van der Waals surface area contributed by atoms with E-state index in [4.69, 9.17) is 9.47 Å². The van der Waals surface area contributed by atoms with E-state index in [0.717, 1.165) is 38.3 Å². The van der Waals surface area contributed by atoms with Crippen LogP contribution in [0, 0.1) is 11.6 Å². The van der Waals surface area contributed by atoms with E-state index in [1.807, 2.05) is 37.7 Å². The summed E-state index contributed by atoms with van der Waals surface area (Å²) >= 11 is 0. The summed E-state index contributed by atoms with van der Waals surface area (Å²) in [6.07, 6.45) is 2.56. The minimum atomic E-state index is -1.57. The van der Waals surface area contributed by atoms with Gasteiger partial charge < -0.3 is 69.0 Å². The summed E-state index contributed by atoms with van der Waals surface area (Å²) in [4.78, 5) is 55.8. The molecule has 4 aliphatic heterocycles. The molecule has 19 heteroatoms. The molecule has 16 nitrogen and oxygen atoms in total. The van der Waals surface area contributed by atoms with Crippen LogP contribution in [0.3, 0.4) is 0 Å². The molecule has 0 bridgehead atoms. The van der Waals surface area contributed by atoms with Gasteiger partial charge in [-0.3, -0.25) is 9.59 Å². The van der Waals surface area contributed by atoms with E-state index < -0.39 is 45.6 Å². The maximum atomic E-state index is 15.0. The molecule has 0 amide bonds. The van der Waals surface area contributed by atoms with Gasteiger partial charge in [-0.15, -0.1) is 0 Å². The van der Waals surface area contributed by atoms with Crippen LogP contribution in [0.4, 0.5) is 20.2 Å². The molecule has 0 saturated carbocycles. The van der Waals surface area contributed by atoms with Crippen molar-refractivity contribution in [1.82, 2.24) is 18.9 Å². The Hall–Kier alpha value is -4.79. The second-order valence-electron chi connectivity index (χ2n) is 13.9. The number of anilines is 2. The number of halogens is 2. The van der Waals surface area contributed by atoms with Gasteiger partial charge in [0.25, 0.3) is 0 Å². The summed E-state index contributed by atoms with van der Waals surface area (Å²) in [5.74, 6) is -3.67. The number of pyridine rings is 2. The molecule has 8 rings (SSSR count). The number of benzene rings is 2. The van der Waals surface area contributed by atoms with E-state index in [2.05, 4.69) is 9.80 Å². The van der Waals surface area contributed by atoms with Crippen molar-refractivity contribution in [2.24, 2.45) is 0 Å². The van der Waals surface area contributed by atoms with Crippen molar-refractivity contribution in [2.45, 2.75) is 25.9 Å². The van der Waals surface area contributed by atoms with Gasteiger partial charge >= 0.3 is 16.8 Å². The number of hydrogen-bond acceptors (Lipinski definition) is 12. The molecule has 55 heavy (non-hydrogen) atoms. The van der Waals surface area contributed by atoms with Gasteiger partial charge in [0.15, 0.2) is 34.0 Å². The normalized spacial score (nSPS) is 19.2. The summed E-state index contributed by atoms with van der Waals surface area (Å²) in [6, 6.07) is 1.88. The Bertz CT molecular complexity index is 2100. The van der Waals surface area contributed by atoms with Crippen LogP contribution in [-0.4, -0.2) is 121 Å². The van der Waals surface area contributed by atoms with Crippen LogP contribution in [0.5, 0.6) is 11.5 Å². The molecule has 2 atom stereocenters. The average Bonchev–Trinajstić information content (AvgIpc) is 3.10. The molecule has 0 unspecified atom stereocenters. The Morgan fingerprint density at radius 3 is 1.29 bits per heavy atom. The quantitative estimate of drug-likeness (QED) is 0.237. The van der Waals surface area contributed by atoms with Crippen LogP contribution >= 0.6 is 0 Å². The van der Waals surface area contributed by atoms with Gasteiger partial charge in [-0.25, -0.2) is 8.78 Å². The molecular formula is C36H42CoF2N6O10. The molecule has 4 aliphatic rings. The van der Waals surface area contributed by atoms with Crippen molar-refractivity contribution in [2.75, 3.05) is 89.5 Å². The number of nitrogens with zero attached hydrogens (tertiary/aromatic N) is 6. The van der Waals surface area contributed by atoms with E-state index in [0.29, 0.717) is 60.1 Å². The first-order chi connectivity index (χ1) is 24.8. The predicted molar refractivity (Wildman–Crippen MR) is 192 cm³/mol. The summed E-state index contributed by atoms with van der Waals surface area (Å²) in [5.41, 5.74) is -0.882. The Kier molecular flexibility index (Phi) is 12.9. The molecule has 2 fully saturated rings. The monoisotopic (exact) mass is 815 g/mol. The topological polar surface area (TPSA) is 219 Å². The Morgan fingerprint density at radius 1 is 0.655 bits per heavy atom. The second-order valence-corrected chi connectivity index (χ2v) is 13.9. The number of piperazine rings is 2.